The number of amides is 2. The van der Waals surface area contributed by atoms with Crippen molar-refractivity contribution in [1.82, 2.24) is 10.2 Å². The van der Waals surface area contributed by atoms with Crippen LogP contribution in [0.5, 0.6) is 11.5 Å². The van der Waals surface area contributed by atoms with Crippen LogP contribution in [0.3, 0.4) is 0 Å². The number of ether oxygens (including phenoxy) is 2. The Bertz CT molecular complexity index is 873. The molecule has 0 radical (unpaired) electrons. The summed E-state index contributed by atoms with van der Waals surface area (Å²) in [6.07, 6.45) is 1.64. The summed E-state index contributed by atoms with van der Waals surface area (Å²) in [4.78, 5) is 27.5. The molecule has 2 amide bonds. The summed E-state index contributed by atoms with van der Waals surface area (Å²) in [5, 5.41) is 3.62. The molecule has 0 saturated carbocycles. The first-order chi connectivity index (χ1) is 15.3. The molecule has 0 aromatic heterocycles. The van der Waals surface area contributed by atoms with Crippen molar-refractivity contribution in [3.63, 3.8) is 0 Å². The number of nitrogens with one attached hydrogen (secondary N) is 1. The van der Waals surface area contributed by atoms with Crippen molar-refractivity contribution < 1.29 is 19.1 Å². The smallest absolute Gasteiger partial charge is 0.242 e. The minimum absolute atomic E-state index is 0.0477. The van der Waals surface area contributed by atoms with Crippen LogP contribution in [0, 0.1) is 0 Å². The molecule has 2 rings (SSSR count). The van der Waals surface area contributed by atoms with Gasteiger partial charge in [-0.25, -0.2) is 0 Å². The molecule has 0 fully saturated rings. The molecule has 1 N–H and O–H groups in total. The number of hydrogen-bond acceptors (Lipinski definition) is 4. The van der Waals surface area contributed by atoms with Gasteiger partial charge < -0.3 is 19.7 Å². The fourth-order valence-electron chi connectivity index (χ4n) is 3.10. The fraction of sp³-hybridized carbons (Fsp3) is 0.440. The molecule has 0 unspecified atom stereocenters. The van der Waals surface area contributed by atoms with E-state index in [0.29, 0.717) is 36.1 Å². The van der Waals surface area contributed by atoms with Gasteiger partial charge in [0.25, 0.3) is 0 Å². The fourth-order valence-corrected chi connectivity index (χ4v) is 3.23. The maximum absolute atomic E-state index is 13.1. The van der Waals surface area contributed by atoms with Crippen molar-refractivity contribution in [3.05, 3.63) is 59.1 Å². The second kappa shape index (κ2) is 13.0. The number of carbonyl (C=O) groups is 2. The summed E-state index contributed by atoms with van der Waals surface area (Å²) in [5.74, 6) is 1.16. The largest absolute Gasteiger partial charge is 0.497 e. The molecule has 0 aliphatic rings. The van der Waals surface area contributed by atoms with Crippen molar-refractivity contribution in [1.29, 1.82) is 0 Å². The second-order valence-electron chi connectivity index (χ2n) is 7.77. The van der Waals surface area contributed by atoms with E-state index in [2.05, 4.69) is 5.32 Å². The van der Waals surface area contributed by atoms with Crippen LogP contribution in [-0.2, 0) is 16.1 Å². The van der Waals surface area contributed by atoms with E-state index in [1.807, 2.05) is 38.1 Å². The van der Waals surface area contributed by atoms with Crippen LogP contribution in [0.25, 0.3) is 0 Å². The molecule has 2 aromatic carbocycles. The Morgan fingerprint density at radius 3 is 2.47 bits per heavy atom. The highest BCUT2D eigenvalue weighted by molar-refractivity contribution is 6.30. The van der Waals surface area contributed by atoms with Crippen LogP contribution in [0.15, 0.2) is 48.5 Å². The van der Waals surface area contributed by atoms with Crippen LogP contribution in [0.4, 0.5) is 0 Å². The lowest BCUT2D eigenvalue weighted by molar-refractivity contribution is -0.141. The zero-order chi connectivity index (χ0) is 23.5. The predicted molar refractivity (Wildman–Crippen MR) is 127 cm³/mol. The Balaban J connectivity index is 2.03. The van der Waals surface area contributed by atoms with Gasteiger partial charge in [-0.1, -0.05) is 30.7 Å². The number of nitrogens with zero attached hydrogens (tertiary/aromatic N) is 1. The van der Waals surface area contributed by atoms with Gasteiger partial charge in [-0.05, 0) is 68.7 Å². The summed E-state index contributed by atoms with van der Waals surface area (Å²) >= 11 is 5.88. The first-order valence-corrected chi connectivity index (χ1v) is 11.3. The maximum atomic E-state index is 13.1. The van der Waals surface area contributed by atoms with Gasteiger partial charge in [0.2, 0.25) is 11.8 Å². The van der Waals surface area contributed by atoms with E-state index in [9.17, 15) is 9.59 Å². The SMILES string of the molecule is CC[C@@H](C)NC(=O)[C@H](C)N(Cc1cccc(OC)c1)C(=O)CCCOc1ccc(Cl)cc1. The van der Waals surface area contributed by atoms with E-state index in [-0.39, 0.29) is 24.3 Å². The monoisotopic (exact) mass is 460 g/mol. The van der Waals surface area contributed by atoms with Gasteiger partial charge >= 0.3 is 0 Å². The van der Waals surface area contributed by atoms with E-state index in [1.54, 1.807) is 43.2 Å². The highest BCUT2D eigenvalue weighted by Crippen LogP contribution is 2.18. The zero-order valence-corrected chi connectivity index (χ0v) is 20.0. The van der Waals surface area contributed by atoms with Crippen LogP contribution in [0.2, 0.25) is 5.02 Å². The van der Waals surface area contributed by atoms with Crippen LogP contribution >= 0.6 is 11.6 Å². The third-order valence-electron chi connectivity index (χ3n) is 5.27. The summed E-state index contributed by atoms with van der Waals surface area (Å²) in [7, 11) is 1.60. The topological polar surface area (TPSA) is 67.9 Å². The highest BCUT2D eigenvalue weighted by atomic mass is 35.5. The van der Waals surface area contributed by atoms with Crippen molar-refractivity contribution in [2.75, 3.05) is 13.7 Å². The van der Waals surface area contributed by atoms with Crippen molar-refractivity contribution in [3.8, 4) is 11.5 Å². The van der Waals surface area contributed by atoms with Gasteiger partial charge in [0.1, 0.15) is 17.5 Å². The molecule has 0 aliphatic heterocycles. The first-order valence-electron chi connectivity index (χ1n) is 10.9. The van der Waals surface area contributed by atoms with Gasteiger partial charge in [-0.15, -0.1) is 0 Å². The van der Waals surface area contributed by atoms with Crippen molar-refractivity contribution in [2.45, 2.75) is 58.7 Å². The summed E-state index contributed by atoms with van der Waals surface area (Å²) in [5.41, 5.74) is 0.901. The van der Waals surface area contributed by atoms with Gasteiger partial charge in [0.15, 0.2) is 0 Å². The van der Waals surface area contributed by atoms with E-state index in [1.165, 1.54) is 0 Å². The van der Waals surface area contributed by atoms with Crippen molar-refractivity contribution >= 4 is 23.4 Å². The summed E-state index contributed by atoms with van der Waals surface area (Å²) in [6.45, 7) is 6.44. The van der Waals surface area contributed by atoms with E-state index < -0.39 is 6.04 Å². The molecule has 32 heavy (non-hydrogen) atoms. The van der Waals surface area contributed by atoms with Gasteiger partial charge in [-0.3, -0.25) is 9.59 Å². The molecular weight excluding hydrogens is 428 g/mol. The Morgan fingerprint density at radius 1 is 1.09 bits per heavy atom. The van der Waals surface area contributed by atoms with E-state index in [0.717, 1.165) is 12.0 Å². The van der Waals surface area contributed by atoms with Gasteiger partial charge in [-0.2, -0.15) is 0 Å². The Hall–Kier alpha value is -2.73. The zero-order valence-electron chi connectivity index (χ0n) is 19.3. The number of hydrogen-bond donors (Lipinski definition) is 1. The van der Waals surface area contributed by atoms with E-state index >= 15 is 0 Å². The van der Waals surface area contributed by atoms with E-state index in [4.69, 9.17) is 21.1 Å². The molecular formula is C25H33ClN2O4. The van der Waals surface area contributed by atoms with Gasteiger partial charge in [0, 0.05) is 24.0 Å². The molecule has 0 heterocycles. The standard InChI is InChI=1S/C25H33ClN2O4/c1-5-18(2)27-25(30)19(3)28(17-20-8-6-9-23(16-20)31-4)24(29)10-7-15-32-22-13-11-21(26)12-14-22/h6,8-9,11-14,16,18-19H,5,7,10,15,17H2,1-4H3,(H,27,30)/t18-,19+/m1/s1. The quantitative estimate of drug-likeness (QED) is 0.460. The number of rotatable bonds is 12. The van der Waals surface area contributed by atoms with Gasteiger partial charge in [0.05, 0.1) is 13.7 Å². The minimum Gasteiger partial charge on any atom is -0.497 e. The molecule has 174 valence electrons. The Morgan fingerprint density at radius 2 is 1.81 bits per heavy atom. The Kier molecular flexibility index (Phi) is 10.3. The Labute approximate surface area is 195 Å². The molecule has 2 aromatic rings. The predicted octanol–water partition coefficient (Wildman–Crippen LogP) is 4.84. The van der Waals surface area contributed by atoms with Crippen molar-refractivity contribution in [2.24, 2.45) is 0 Å². The molecule has 0 spiro atoms. The normalized spacial score (nSPS) is 12.5. The third-order valence-corrected chi connectivity index (χ3v) is 5.52. The van der Waals surface area contributed by atoms with Crippen LogP contribution in [-0.4, -0.2) is 42.5 Å². The molecule has 0 bridgehead atoms. The molecule has 6 nitrogen and oxygen atoms in total. The second-order valence-corrected chi connectivity index (χ2v) is 8.21. The summed E-state index contributed by atoms with van der Waals surface area (Å²) < 4.78 is 11.0. The highest BCUT2D eigenvalue weighted by Gasteiger charge is 2.26. The third kappa shape index (κ3) is 8.08. The van der Waals surface area contributed by atoms with Crippen LogP contribution < -0.4 is 14.8 Å². The number of benzene rings is 2. The lowest BCUT2D eigenvalue weighted by Gasteiger charge is -2.30. The summed E-state index contributed by atoms with van der Waals surface area (Å²) in [6, 6.07) is 14.1. The average Bonchev–Trinajstić information content (AvgIpc) is 2.80. The van der Waals surface area contributed by atoms with Crippen LogP contribution in [0.1, 0.15) is 45.6 Å². The lowest BCUT2D eigenvalue weighted by Crippen LogP contribution is -2.49. The molecule has 7 heteroatoms. The average molecular weight is 461 g/mol. The lowest BCUT2D eigenvalue weighted by atomic mass is 10.1. The number of methoxy groups -OCH3 is 1. The molecule has 2 atom stereocenters. The number of carbonyl (C=O) groups excluding carboxylic acids is 2. The minimum atomic E-state index is -0.597. The maximum Gasteiger partial charge on any atom is 0.242 e. The number of halogens is 1. The first kappa shape index (κ1) is 25.5. The molecule has 0 aliphatic carbocycles. The molecule has 0 saturated heterocycles.